The Balaban J connectivity index is 2.19. The quantitative estimate of drug-likeness (QED) is 0.815. The molecule has 1 atom stereocenters. The summed E-state index contributed by atoms with van der Waals surface area (Å²) in [5.74, 6) is 0.909. The van der Waals surface area contributed by atoms with Crippen molar-refractivity contribution >= 4 is 0 Å². The molecule has 0 amide bonds. The monoisotopic (exact) mass is 254 g/mol. The summed E-state index contributed by atoms with van der Waals surface area (Å²) in [5.41, 5.74) is 4.80. The Morgan fingerprint density at radius 3 is 2.47 bits per heavy atom. The lowest BCUT2D eigenvalue weighted by Crippen LogP contribution is -2.03. The van der Waals surface area contributed by atoms with Gasteiger partial charge in [-0.25, -0.2) is 0 Å². The van der Waals surface area contributed by atoms with Crippen LogP contribution in [0, 0.1) is 6.92 Å². The van der Waals surface area contributed by atoms with E-state index in [0.29, 0.717) is 11.8 Å². The van der Waals surface area contributed by atoms with Crippen LogP contribution >= 0.6 is 0 Å². The van der Waals surface area contributed by atoms with Crippen LogP contribution < -0.4 is 0 Å². The standard InChI is InChI=1S/C17H22N2/c1-12(2)17-11-15(10-14(4)19-17)9-13(3)16-7-5-6-8-18-16/h5-8,10-13H,9H2,1-4H3. The third-order valence-electron chi connectivity index (χ3n) is 3.36. The molecule has 2 heterocycles. The van der Waals surface area contributed by atoms with Gasteiger partial charge in [-0.2, -0.15) is 0 Å². The Morgan fingerprint density at radius 2 is 1.84 bits per heavy atom. The molecule has 2 heteroatoms. The van der Waals surface area contributed by atoms with Crippen LogP contribution in [-0.2, 0) is 6.42 Å². The molecule has 0 N–H and O–H groups in total. The molecule has 1 unspecified atom stereocenters. The van der Waals surface area contributed by atoms with Crippen molar-refractivity contribution in [3.63, 3.8) is 0 Å². The van der Waals surface area contributed by atoms with Gasteiger partial charge >= 0.3 is 0 Å². The number of hydrogen-bond acceptors (Lipinski definition) is 2. The summed E-state index contributed by atoms with van der Waals surface area (Å²) in [6.07, 6.45) is 2.88. The largest absolute Gasteiger partial charge is 0.261 e. The predicted octanol–water partition coefficient (Wildman–Crippen LogP) is 4.25. The maximum Gasteiger partial charge on any atom is 0.0435 e. The fourth-order valence-corrected chi connectivity index (χ4v) is 2.31. The second-order valence-corrected chi connectivity index (χ2v) is 5.56. The number of hydrogen-bond donors (Lipinski definition) is 0. The van der Waals surface area contributed by atoms with Gasteiger partial charge in [-0.3, -0.25) is 9.97 Å². The molecule has 0 aliphatic heterocycles. The normalized spacial score (nSPS) is 12.7. The summed E-state index contributed by atoms with van der Waals surface area (Å²) in [5, 5.41) is 0. The molecule has 0 fully saturated rings. The molecule has 2 aromatic heterocycles. The minimum Gasteiger partial charge on any atom is -0.261 e. The van der Waals surface area contributed by atoms with Crippen LogP contribution in [0.5, 0.6) is 0 Å². The smallest absolute Gasteiger partial charge is 0.0435 e. The van der Waals surface area contributed by atoms with Crippen LogP contribution in [-0.4, -0.2) is 9.97 Å². The van der Waals surface area contributed by atoms with Crippen LogP contribution in [0.4, 0.5) is 0 Å². The van der Waals surface area contributed by atoms with E-state index in [2.05, 4.69) is 61.9 Å². The molecule has 2 nitrogen and oxygen atoms in total. The summed E-state index contributed by atoms with van der Waals surface area (Å²) in [6, 6.07) is 10.5. The zero-order valence-corrected chi connectivity index (χ0v) is 12.2. The lowest BCUT2D eigenvalue weighted by molar-refractivity contribution is 0.723. The molecule has 0 aliphatic carbocycles. The molecule has 0 bridgehead atoms. The number of pyridine rings is 2. The van der Waals surface area contributed by atoms with Crippen molar-refractivity contribution in [1.82, 2.24) is 9.97 Å². The highest BCUT2D eigenvalue weighted by Crippen LogP contribution is 2.21. The predicted molar refractivity (Wildman–Crippen MR) is 79.4 cm³/mol. The van der Waals surface area contributed by atoms with Crippen molar-refractivity contribution in [2.24, 2.45) is 0 Å². The van der Waals surface area contributed by atoms with Crippen molar-refractivity contribution in [2.45, 2.75) is 46.0 Å². The maximum atomic E-state index is 4.60. The van der Waals surface area contributed by atoms with Crippen LogP contribution in [0.1, 0.15) is 55.3 Å². The van der Waals surface area contributed by atoms with E-state index in [-0.39, 0.29) is 0 Å². The second kappa shape index (κ2) is 5.96. The number of aromatic nitrogens is 2. The van der Waals surface area contributed by atoms with E-state index in [1.54, 1.807) is 0 Å². The lowest BCUT2D eigenvalue weighted by atomic mass is 9.96. The molecule has 0 radical (unpaired) electrons. The number of rotatable bonds is 4. The number of aryl methyl sites for hydroxylation is 1. The van der Waals surface area contributed by atoms with Crippen LogP contribution in [0.2, 0.25) is 0 Å². The first-order valence-electron chi connectivity index (χ1n) is 6.94. The van der Waals surface area contributed by atoms with Gasteiger partial charge in [0, 0.05) is 29.2 Å². The van der Waals surface area contributed by atoms with Gasteiger partial charge in [-0.05, 0) is 49.1 Å². The Morgan fingerprint density at radius 1 is 1.05 bits per heavy atom. The van der Waals surface area contributed by atoms with E-state index in [1.165, 1.54) is 11.3 Å². The highest BCUT2D eigenvalue weighted by Gasteiger charge is 2.10. The van der Waals surface area contributed by atoms with E-state index in [1.807, 2.05) is 12.3 Å². The molecule has 19 heavy (non-hydrogen) atoms. The van der Waals surface area contributed by atoms with Crippen molar-refractivity contribution in [2.75, 3.05) is 0 Å². The molecule has 0 saturated heterocycles. The molecule has 100 valence electrons. The highest BCUT2D eigenvalue weighted by molar-refractivity contribution is 5.25. The van der Waals surface area contributed by atoms with E-state index >= 15 is 0 Å². The van der Waals surface area contributed by atoms with Crippen molar-refractivity contribution in [1.29, 1.82) is 0 Å². The van der Waals surface area contributed by atoms with Gasteiger partial charge in [-0.1, -0.05) is 26.8 Å². The molecule has 2 rings (SSSR count). The summed E-state index contributed by atoms with van der Waals surface area (Å²) >= 11 is 0. The van der Waals surface area contributed by atoms with E-state index in [9.17, 15) is 0 Å². The first-order chi connectivity index (χ1) is 9.06. The highest BCUT2D eigenvalue weighted by atomic mass is 14.7. The Kier molecular flexibility index (Phi) is 4.31. The number of nitrogens with zero attached hydrogens (tertiary/aromatic N) is 2. The molecular formula is C17H22N2. The minimum atomic E-state index is 0.433. The van der Waals surface area contributed by atoms with Gasteiger partial charge < -0.3 is 0 Å². The molecule has 0 aliphatic rings. The van der Waals surface area contributed by atoms with Gasteiger partial charge in [0.05, 0.1) is 0 Å². The fourth-order valence-electron chi connectivity index (χ4n) is 2.31. The van der Waals surface area contributed by atoms with Gasteiger partial charge in [0.2, 0.25) is 0 Å². The zero-order valence-electron chi connectivity index (χ0n) is 12.2. The Bertz CT molecular complexity index is 532. The van der Waals surface area contributed by atoms with Crippen molar-refractivity contribution in [3.05, 3.63) is 59.2 Å². The fraction of sp³-hybridized carbons (Fsp3) is 0.412. The Hall–Kier alpha value is -1.70. The van der Waals surface area contributed by atoms with Crippen LogP contribution in [0.3, 0.4) is 0 Å². The van der Waals surface area contributed by atoms with Gasteiger partial charge in [0.15, 0.2) is 0 Å². The topological polar surface area (TPSA) is 25.8 Å². The average Bonchev–Trinajstić information content (AvgIpc) is 2.39. The first kappa shape index (κ1) is 13.7. The molecule has 2 aromatic rings. The zero-order chi connectivity index (χ0) is 13.8. The summed E-state index contributed by atoms with van der Waals surface area (Å²) in [4.78, 5) is 9.04. The summed E-state index contributed by atoms with van der Waals surface area (Å²) < 4.78 is 0. The van der Waals surface area contributed by atoms with Gasteiger partial charge in [0.1, 0.15) is 0 Å². The molecule has 0 aromatic carbocycles. The van der Waals surface area contributed by atoms with E-state index in [4.69, 9.17) is 0 Å². The third kappa shape index (κ3) is 3.63. The third-order valence-corrected chi connectivity index (χ3v) is 3.36. The average molecular weight is 254 g/mol. The van der Waals surface area contributed by atoms with Gasteiger partial charge in [-0.15, -0.1) is 0 Å². The SMILES string of the molecule is Cc1cc(CC(C)c2ccccn2)cc(C(C)C)n1. The lowest BCUT2D eigenvalue weighted by Gasteiger charge is -2.13. The van der Waals surface area contributed by atoms with Crippen molar-refractivity contribution in [3.8, 4) is 0 Å². The molecular weight excluding hydrogens is 232 g/mol. The second-order valence-electron chi connectivity index (χ2n) is 5.56. The van der Waals surface area contributed by atoms with Crippen LogP contribution in [0.15, 0.2) is 36.5 Å². The minimum absolute atomic E-state index is 0.433. The first-order valence-corrected chi connectivity index (χ1v) is 6.94. The molecule has 0 spiro atoms. The van der Waals surface area contributed by atoms with Gasteiger partial charge in [0.25, 0.3) is 0 Å². The molecule has 0 saturated carbocycles. The maximum absolute atomic E-state index is 4.60. The summed E-state index contributed by atoms with van der Waals surface area (Å²) in [6.45, 7) is 8.68. The Labute approximate surface area is 115 Å². The van der Waals surface area contributed by atoms with Crippen LogP contribution in [0.25, 0.3) is 0 Å². The van der Waals surface area contributed by atoms with E-state index < -0.39 is 0 Å². The van der Waals surface area contributed by atoms with Crippen molar-refractivity contribution < 1.29 is 0 Å². The summed E-state index contributed by atoms with van der Waals surface area (Å²) in [7, 11) is 0. The van der Waals surface area contributed by atoms with E-state index in [0.717, 1.165) is 17.8 Å².